The van der Waals surface area contributed by atoms with Crippen LogP contribution in [-0.4, -0.2) is 23.8 Å². The monoisotopic (exact) mass is 326 g/mol. The first kappa shape index (κ1) is 15.3. The van der Waals surface area contributed by atoms with Crippen LogP contribution >= 0.6 is 11.8 Å². The summed E-state index contributed by atoms with van der Waals surface area (Å²) in [7, 11) is 1.57. The van der Waals surface area contributed by atoms with Crippen LogP contribution < -0.4 is 9.75 Å². The molecule has 1 heterocycles. The molecule has 1 aliphatic rings. The van der Waals surface area contributed by atoms with Crippen molar-refractivity contribution in [1.82, 2.24) is 0 Å². The topological polar surface area (TPSA) is 59.0 Å². The summed E-state index contributed by atoms with van der Waals surface area (Å²) >= 11 is 1.27. The van der Waals surface area contributed by atoms with E-state index in [1.165, 1.54) is 23.7 Å². The minimum atomic E-state index is -0.271. The van der Waals surface area contributed by atoms with E-state index in [0.29, 0.717) is 17.0 Å². The Labute approximate surface area is 137 Å². The maximum atomic E-state index is 12.4. The summed E-state index contributed by atoms with van der Waals surface area (Å²) in [5.41, 5.74) is 1.20. The molecule has 1 aliphatic heterocycles. The largest absolute Gasteiger partial charge is 0.497 e. The molecule has 0 aromatic heterocycles. The molecule has 6 heteroatoms. The van der Waals surface area contributed by atoms with E-state index in [1.807, 2.05) is 18.2 Å². The van der Waals surface area contributed by atoms with Gasteiger partial charge in [-0.3, -0.25) is 9.59 Å². The zero-order valence-electron chi connectivity index (χ0n) is 12.6. The number of ketones is 1. The van der Waals surface area contributed by atoms with Crippen molar-refractivity contribution in [2.24, 2.45) is 5.10 Å². The molecule has 0 radical (unpaired) electrons. The molecule has 0 atom stereocenters. The lowest BCUT2D eigenvalue weighted by Gasteiger charge is -2.16. The summed E-state index contributed by atoms with van der Waals surface area (Å²) in [6.45, 7) is 1.41. The molecule has 3 rings (SSSR count). The Morgan fingerprint density at radius 3 is 2.43 bits per heavy atom. The minimum absolute atomic E-state index is 0.162. The number of nitrogens with zero attached hydrogens (tertiary/aromatic N) is 2. The number of Topliss-reactive ketones (excluding diaryl/α,β-unsaturated/α-hetero) is 1. The van der Waals surface area contributed by atoms with Crippen LogP contribution in [-0.2, 0) is 4.79 Å². The molecule has 0 bridgehead atoms. The number of anilines is 1. The number of hydrogen-bond donors (Lipinski definition) is 0. The summed E-state index contributed by atoms with van der Waals surface area (Å²) in [4.78, 5) is 25.2. The molecule has 0 aliphatic carbocycles. The fourth-order valence-electron chi connectivity index (χ4n) is 2.20. The molecular formula is C17H14N2O3S. The van der Waals surface area contributed by atoms with Crippen molar-refractivity contribution < 1.29 is 14.3 Å². The first-order valence-electron chi connectivity index (χ1n) is 6.95. The number of carbonyl (C=O) groups excluding carboxylic acids is 2. The highest BCUT2D eigenvalue weighted by atomic mass is 32.2. The number of hydrazone groups is 1. The first-order valence-corrected chi connectivity index (χ1v) is 7.76. The standard InChI is InChI=1S/C17H14N2O3S/c1-11(20)19(12-7-9-13(22-2)10-8-12)18-17-16(21)14-5-3-4-6-15(14)23-17/h3-10H,1-2H3. The number of benzene rings is 2. The number of ether oxygens (including phenoxy) is 1. The van der Waals surface area contributed by atoms with Gasteiger partial charge in [0, 0.05) is 17.4 Å². The number of amides is 1. The Kier molecular flexibility index (Phi) is 4.16. The molecule has 2 aromatic carbocycles. The molecule has 23 heavy (non-hydrogen) atoms. The third kappa shape index (κ3) is 2.98. The number of methoxy groups -OCH3 is 1. The lowest BCUT2D eigenvalue weighted by atomic mass is 10.1. The first-order chi connectivity index (χ1) is 11.1. The molecule has 0 N–H and O–H groups in total. The summed E-state index contributed by atoms with van der Waals surface area (Å²) in [5.74, 6) is 0.251. The van der Waals surface area contributed by atoms with Gasteiger partial charge in [-0.1, -0.05) is 23.9 Å². The van der Waals surface area contributed by atoms with Crippen molar-refractivity contribution in [3.8, 4) is 5.75 Å². The van der Waals surface area contributed by atoms with Gasteiger partial charge in [-0.2, -0.15) is 10.1 Å². The second kappa shape index (κ2) is 6.26. The van der Waals surface area contributed by atoms with Gasteiger partial charge in [-0.25, -0.2) is 0 Å². The molecule has 0 fully saturated rings. The van der Waals surface area contributed by atoms with Crippen molar-refractivity contribution >= 4 is 34.2 Å². The third-order valence-corrected chi connectivity index (χ3v) is 4.37. The van der Waals surface area contributed by atoms with Crippen molar-refractivity contribution in [2.75, 3.05) is 12.1 Å². The van der Waals surface area contributed by atoms with Gasteiger partial charge in [0.05, 0.1) is 12.8 Å². The number of carbonyl (C=O) groups is 2. The molecular weight excluding hydrogens is 312 g/mol. The van der Waals surface area contributed by atoms with Gasteiger partial charge in [0.15, 0.2) is 5.04 Å². The predicted molar refractivity (Wildman–Crippen MR) is 90.2 cm³/mol. The molecule has 116 valence electrons. The Balaban J connectivity index is 1.94. The van der Waals surface area contributed by atoms with Crippen molar-refractivity contribution in [3.05, 3.63) is 54.1 Å². The summed E-state index contributed by atoms with van der Waals surface area (Å²) < 4.78 is 5.10. The van der Waals surface area contributed by atoms with Crippen LogP contribution in [0.3, 0.4) is 0 Å². The number of thioether (sulfide) groups is 1. The predicted octanol–water partition coefficient (Wildman–Crippen LogP) is 3.35. The molecule has 0 spiro atoms. The smallest absolute Gasteiger partial charge is 0.244 e. The van der Waals surface area contributed by atoms with E-state index in [-0.39, 0.29) is 16.7 Å². The molecule has 5 nitrogen and oxygen atoms in total. The average Bonchev–Trinajstić information content (AvgIpc) is 2.89. The van der Waals surface area contributed by atoms with Crippen LogP contribution in [0.15, 0.2) is 58.5 Å². The van der Waals surface area contributed by atoms with Crippen molar-refractivity contribution in [3.63, 3.8) is 0 Å². The number of hydrogen-bond acceptors (Lipinski definition) is 5. The molecule has 1 amide bonds. The SMILES string of the molecule is COc1ccc(N(N=C2Sc3ccccc3C2=O)C(C)=O)cc1. The Hall–Kier alpha value is -2.60. The van der Waals surface area contributed by atoms with Gasteiger partial charge in [0.25, 0.3) is 0 Å². The highest BCUT2D eigenvalue weighted by Crippen LogP contribution is 2.34. The van der Waals surface area contributed by atoms with Gasteiger partial charge in [0.2, 0.25) is 11.7 Å². The highest BCUT2D eigenvalue weighted by molar-refractivity contribution is 8.16. The minimum Gasteiger partial charge on any atom is -0.497 e. The molecule has 2 aromatic rings. The normalized spacial score (nSPS) is 14.7. The van der Waals surface area contributed by atoms with Gasteiger partial charge in [-0.15, -0.1) is 0 Å². The maximum absolute atomic E-state index is 12.4. The van der Waals surface area contributed by atoms with Gasteiger partial charge in [-0.05, 0) is 36.4 Å². The zero-order valence-corrected chi connectivity index (χ0v) is 13.5. The van der Waals surface area contributed by atoms with Crippen LogP contribution in [0, 0.1) is 0 Å². The van der Waals surface area contributed by atoms with Crippen LogP contribution in [0.1, 0.15) is 17.3 Å². The van der Waals surface area contributed by atoms with E-state index in [1.54, 1.807) is 37.4 Å². The average molecular weight is 326 g/mol. The Morgan fingerprint density at radius 1 is 1.13 bits per heavy atom. The van der Waals surface area contributed by atoms with Crippen molar-refractivity contribution in [1.29, 1.82) is 0 Å². The van der Waals surface area contributed by atoms with Gasteiger partial charge in [0.1, 0.15) is 5.75 Å². The van der Waals surface area contributed by atoms with Crippen molar-refractivity contribution in [2.45, 2.75) is 11.8 Å². The summed E-state index contributed by atoms with van der Waals surface area (Å²) in [6.07, 6.45) is 0. The van der Waals surface area contributed by atoms with Gasteiger partial charge < -0.3 is 4.74 Å². The second-order valence-corrected chi connectivity index (χ2v) is 5.89. The van der Waals surface area contributed by atoms with E-state index in [2.05, 4.69) is 5.10 Å². The summed E-state index contributed by atoms with van der Waals surface area (Å²) in [6, 6.07) is 14.2. The number of fused-ring (bicyclic) bond motifs is 1. The quantitative estimate of drug-likeness (QED) is 0.812. The van der Waals surface area contributed by atoms with Crippen LogP contribution in [0.4, 0.5) is 5.69 Å². The summed E-state index contributed by atoms with van der Waals surface area (Å²) in [5, 5.41) is 5.79. The molecule has 0 saturated heterocycles. The van der Waals surface area contributed by atoms with Crippen LogP contribution in [0.5, 0.6) is 5.75 Å². The maximum Gasteiger partial charge on any atom is 0.244 e. The van der Waals surface area contributed by atoms with E-state index in [0.717, 1.165) is 4.90 Å². The molecule has 0 unspecified atom stereocenters. The lowest BCUT2D eigenvalue weighted by Crippen LogP contribution is -2.24. The lowest BCUT2D eigenvalue weighted by molar-refractivity contribution is -0.116. The van der Waals surface area contributed by atoms with E-state index >= 15 is 0 Å². The Morgan fingerprint density at radius 2 is 1.83 bits per heavy atom. The molecule has 0 saturated carbocycles. The number of rotatable bonds is 3. The third-order valence-electron chi connectivity index (χ3n) is 3.34. The van der Waals surface area contributed by atoms with Gasteiger partial charge >= 0.3 is 0 Å². The zero-order chi connectivity index (χ0) is 16.4. The van der Waals surface area contributed by atoms with E-state index in [4.69, 9.17) is 4.74 Å². The van der Waals surface area contributed by atoms with E-state index in [9.17, 15) is 9.59 Å². The highest BCUT2D eigenvalue weighted by Gasteiger charge is 2.28. The Bertz CT molecular complexity index is 800. The van der Waals surface area contributed by atoms with E-state index < -0.39 is 0 Å². The fourth-order valence-corrected chi connectivity index (χ4v) is 3.15. The van der Waals surface area contributed by atoms with Crippen LogP contribution in [0.25, 0.3) is 0 Å². The second-order valence-electron chi connectivity index (χ2n) is 4.86. The fraction of sp³-hybridized carbons (Fsp3) is 0.118. The van der Waals surface area contributed by atoms with Crippen LogP contribution in [0.2, 0.25) is 0 Å².